The van der Waals surface area contributed by atoms with Crippen molar-refractivity contribution in [3.05, 3.63) is 23.8 Å². The van der Waals surface area contributed by atoms with Crippen LogP contribution < -0.4 is 9.47 Å². The summed E-state index contributed by atoms with van der Waals surface area (Å²) in [5.74, 6) is 2.28. The fraction of sp³-hybridized carbons (Fsp3) is 0.650. The van der Waals surface area contributed by atoms with Gasteiger partial charge in [-0.2, -0.15) is 0 Å². The van der Waals surface area contributed by atoms with Gasteiger partial charge in [0.05, 0.1) is 14.2 Å². The Balaban J connectivity index is 1.53. The molecule has 25 heavy (non-hydrogen) atoms. The maximum Gasteiger partial charge on any atom is 0.225 e. The molecule has 2 heterocycles. The van der Waals surface area contributed by atoms with E-state index in [4.69, 9.17) is 9.47 Å². The SMILES string of the molecule is COc1ccc(CN2CCC(C(=O)N3CCCCC3)CC2)c(OC)c1. The van der Waals surface area contributed by atoms with E-state index in [2.05, 4.69) is 15.9 Å². The lowest BCUT2D eigenvalue weighted by molar-refractivity contribution is -0.138. The molecule has 0 bridgehead atoms. The van der Waals surface area contributed by atoms with Gasteiger partial charge >= 0.3 is 0 Å². The molecule has 0 saturated carbocycles. The van der Waals surface area contributed by atoms with Crippen molar-refractivity contribution in [2.75, 3.05) is 40.4 Å². The van der Waals surface area contributed by atoms with E-state index in [1.807, 2.05) is 12.1 Å². The van der Waals surface area contributed by atoms with Gasteiger partial charge in [0, 0.05) is 37.2 Å². The molecule has 5 nitrogen and oxygen atoms in total. The summed E-state index contributed by atoms with van der Waals surface area (Å²) in [6, 6.07) is 5.98. The Labute approximate surface area is 150 Å². The van der Waals surface area contributed by atoms with Gasteiger partial charge in [-0.25, -0.2) is 0 Å². The molecule has 3 rings (SSSR count). The van der Waals surface area contributed by atoms with Gasteiger partial charge < -0.3 is 14.4 Å². The van der Waals surface area contributed by atoms with Crippen LogP contribution in [0.1, 0.15) is 37.7 Å². The number of rotatable bonds is 5. The van der Waals surface area contributed by atoms with E-state index in [9.17, 15) is 4.79 Å². The van der Waals surface area contributed by atoms with Crippen LogP contribution in [0.5, 0.6) is 11.5 Å². The Morgan fingerprint density at radius 1 is 1.04 bits per heavy atom. The van der Waals surface area contributed by atoms with Crippen molar-refractivity contribution in [3.63, 3.8) is 0 Å². The molecule has 1 aromatic rings. The minimum atomic E-state index is 0.215. The molecule has 0 aromatic heterocycles. The number of likely N-dealkylation sites (tertiary alicyclic amines) is 2. The summed E-state index contributed by atoms with van der Waals surface area (Å²) in [6.45, 7) is 4.72. The Bertz CT molecular complexity index is 576. The topological polar surface area (TPSA) is 42.0 Å². The molecular weight excluding hydrogens is 316 g/mol. The summed E-state index contributed by atoms with van der Waals surface area (Å²) >= 11 is 0. The second-order valence-corrected chi connectivity index (χ2v) is 7.11. The molecule has 1 amide bonds. The summed E-state index contributed by atoms with van der Waals surface area (Å²) < 4.78 is 10.8. The van der Waals surface area contributed by atoms with Gasteiger partial charge in [-0.05, 0) is 51.3 Å². The number of carbonyl (C=O) groups excluding carboxylic acids is 1. The Hall–Kier alpha value is -1.75. The molecule has 138 valence electrons. The maximum atomic E-state index is 12.7. The van der Waals surface area contributed by atoms with Gasteiger partial charge in [0.15, 0.2) is 0 Å². The fourth-order valence-corrected chi connectivity index (χ4v) is 3.93. The molecule has 0 radical (unpaired) electrons. The van der Waals surface area contributed by atoms with E-state index in [-0.39, 0.29) is 5.92 Å². The number of hydrogen-bond acceptors (Lipinski definition) is 4. The Kier molecular flexibility index (Phi) is 6.19. The predicted molar refractivity (Wildman–Crippen MR) is 98.0 cm³/mol. The van der Waals surface area contributed by atoms with Crippen molar-refractivity contribution in [2.45, 2.75) is 38.6 Å². The minimum Gasteiger partial charge on any atom is -0.497 e. The summed E-state index contributed by atoms with van der Waals surface area (Å²) in [6.07, 6.45) is 5.54. The Morgan fingerprint density at radius 3 is 2.40 bits per heavy atom. The van der Waals surface area contributed by atoms with Crippen LogP contribution in [0.25, 0.3) is 0 Å². The molecule has 1 aromatic carbocycles. The highest BCUT2D eigenvalue weighted by Gasteiger charge is 2.29. The third-order valence-corrected chi connectivity index (χ3v) is 5.49. The average molecular weight is 346 g/mol. The summed E-state index contributed by atoms with van der Waals surface area (Å²) in [7, 11) is 3.36. The second kappa shape index (κ2) is 8.56. The highest BCUT2D eigenvalue weighted by Crippen LogP contribution is 2.28. The van der Waals surface area contributed by atoms with E-state index >= 15 is 0 Å². The zero-order chi connectivity index (χ0) is 17.6. The molecule has 0 unspecified atom stereocenters. The molecule has 2 aliphatic rings. The molecule has 5 heteroatoms. The van der Waals surface area contributed by atoms with E-state index < -0.39 is 0 Å². The third kappa shape index (κ3) is 4.46. The van der Waals surface area contributed by atoms with Gasteiger partial charge in [-0.1, -0.05) is 6.07 Å². The van der Waals surface area contributed by atoms with Crippen molar-refractivity contribution in [1.29, 1.82) is 0 Å². The molecular formula is C20H30N2O3. The number of piperidine rings is 2. The summed E-state index contributed by atoms with van der Waals surface area (Å²) in [5.41, 5.74) is 1.17. The first kappa shape index (κ1) is 18.1. The second-order valence-electron chi connectivity index (χ2n) is 7.11. The normalized spacial score (nSPS) is 19.7. The van der Waals surface area contributed by atoms with Crippen molar-refractivity contribution in [2.24, 2.45) is 5.92 Å². The highest BCUT2D eigenvalue weighted by molar-refractivity contribution is 5.79. The monoisotopic (exact) mass is 346 g/mol. The van der Waals surface area contributed by atoms with Crippen LogP contribution in [-0.2, 0) is 11.3 Å². The van der Waals surface area contributed by atoms with Crippen LogP contribution in [0.3, 0.4) is 0 Å². The minimum absolute atomic E-state index is 0.215. The van der Waals surface area contributed by atoms with Gasteiger partial charge in [-0.3, -0.25) is 9.69 Å². The van der Waals surface area contributed by atoms with Crippen molar-refractivity contribution in [1.82, 2.24) is 9.80 Å². The number of hydrogen-bond donors (Lipinski definition) is 0. The molecule has 0 spiro atoms. The lowest BCUT2D eigenvalue weighted by Gasteiger charge is -2.35. The molecule has 2 aliphatic heterocycles. The van der Waals surface area contributed by atoms with Crippen molar-refractivity contribution in [3.8, 4) is 11.5 Å². The van der Waals surface area contributed by atoms with Crippen LogP contribution in [0.2, 0.25) is 0 Å². The standard InChI is InChI=1S/C20H30N2O3/c1-24-18-7-6-17(19(14-18)25-2)15-21-12-8-16(9-13-21)20(23)22-10-4-3-5-11-22/h6-7,14,16H,3-5,8-13,15H2,1-2H3. The first-order valence-electron chi connectivity index (χ1n) is 9.43. The number of ether oxygens (including phenoxy) is 2. The van der Waals surface area contributed by atoms with E-state index in [0.717, 1.165) is 57.1 Å². The van der Waals surface area contributed by atoms with Crippen LogP contribution in [0.15, 0.2) is 18.2 Å². The first-order valence-corrected chi connectivity index (χ1v) is 9.43. The Morgan fingerprint density at radius 2 is 1.76 bits per heavy atom. The number of methoxy groups -OCH3 is 2. The van der Waals surface area contributed by atoms with E-state index in [1.165, 1.54) is 24.8 Å². The lowest BCUT2D eigenvalue weighted by atomic mass is 9.94. The molecule has 2 fully saturated rings. The van der Waals surface area contributed by atoms with Crippen molar-refractivity contribution >= 4 is 5.91 Å². The molecule has 0 aliphatic carbocycles. The maximum absolute atomic E-state index is 12.7. The number of carbonyl (C=O) groups is 1. The van der Waals surface area contributed by atoms with E-state index in [0.29, 0.717) is 5.91 Å². The largest absolute Gasteiger partial charge is 0.497 e. The average Bonchev–Trinajstić information content (AvgIpc) is 2.69. The fourth-order valence-electron chi connectivity index (χ4n) is 3.93. The first-order chi connectivity index (χ1) is 12.2. The predicted octanol–water partition coefficient (Wildman–Crippen LogP) is 2.93. The van der Waals surface area contributed by atoms with Crippen LogP contribution in [0, 0.1) is 5.92 Å². The van der Waals surface area contributed by atoms with Crippen LogP contribution >= 0.6 is 0 Å². The number of nitrogens with zero attached hydrogens (tertiary/aromatic N) is 2. The van der Waals surface area contributed by atoms with Gasteiger partial charge in [-0.15, -0.1) is 0 Å². The third-order valence-electron chi connectivity index (χ3n) is 5.49. The zero-order valence-electron chi connectivity index (χ0n) is 15.5. The quantitative estimate of drug-likeness (QED) is 0.822. The lowest BCUT2D eigenvalue weighted by Crippen LogP contribution is -2.44. The highest BCUT2D eigenvalue weighted by atomic mass is 16.5. The van der Waals surface area contributed by atoms with Crippen LogP contribution in [0.4, 0.5) is 0 Å². The molecule has 0 N–H and O–H groups in total. The molecule has 2 saturated heterocycles. The van der Waals surface area contributed by atoms with Crippen molar-refractivity contribution < 1.29 is 14.3 Å². The number of amides is 1. The molecule has 0 atom stereocenters. The summed E-state index contributed by atoms with van der Waals surface area (Å²) in [5, 5.41) is 0. The zero-order valence-corrected chi connectivity index (χ0v) is 15.5. The van der Waals surface area contributed by atoms with Gasteiger partial charge in [0.2, 0.25) is 5.91 Å². The number of benzene rings is 1. The van der Waals surface area contributed by atoms with Crippen LogP contribution in [-0.4, -0.2) is 56.1 Å². The summed E-state index contributed by atoms with van der Waals surface area (Å²) in [4.78, 5) is 17.2. The van der Waals surface area contributed by atoms with Gasteiger partial charge in [0.1, 0.15) is 11.5 Å². The van der Waals surface area contributed by atoms with E-state index in [1.54, 1.807) is 14.2 Å². The smallest absolute Gasteiger partial charge is 0.225 e. The van der Waals surface area contributed by atoms with Gasteiger partial charge in [0.25, 0.3) is 0 Å².